The molecule has 184 valence electrons. The first-order valence-electron chi connectivity index (χ1n) is 12.3. The van der Waals surface area contributed by atoms with Gasteiger partial charge in [-0.1, -0.05) is 59.9 Å². The van der Waals surface area contributed by atoms with E-state index in [-0.39, 0.29) is 11.7 Å². The summed E-state index contributed by atoms with van der Waals surface area (Å²) < 4.78 is 1.28. The maximum atomic E-state index is 12.6. The number of nitrogens with zero attached hydrogens (tertiary/aromatic N) is 3. The molecule has 0 atom stereocenters. The van der Waals surface area contributed by atoms with Crippen molar-refractivity contribution in [3.05, 3.63) is 94.5 Å². The third-order valence-electron chi connectivity index (χ3n) is 6.61. The summed E-state index contributed by atoms with van der Waals surface area (Å²) in [5.74, 6) is -0.162. The maximum Gasteiger partial charge on any atom is 0.251 e. The van der Waals surface area contributed by atoms with Crippen molar-refractivity contribution in [2.24, 2.45) is 0 Å². The molecule has 1 aliphatic rings. The molecule has 3 aromatic carbocycles. The summed E-state index contributed by atoms with van der Waals surface area (Å²) in [4.78, 5) is 34.8. The van der Waals surface area contributed by atoms with Gasteiger partial charge in [0.1, 0.15) is 0 Å². The number of hydrogen-bond donors (Lipinski definition) is 1. The molecule has 1 aliphatic heterocycles. The molecule has 7 heteroatoms. The van der Waals surface area contributed by atoms with E-state index in [4.69, 9.17) is 4.98 Å². The summed E-state index contributed by atoms with van der Waals surface area (Å²) >= 11 is 1.78. The number of carbonyl (C=O) groups is 2. The number of benzene rings is 3. The highest BCUT2D eigenvalue weighted by atomic mass is 32.1. The molecule has 1 fully saturated rings. The Kier molecular flexibility index (Phi) is 7.11. The van der Waals surface area contributed by atoms with Crippen LogP contribution >= 0.6 is 11.3 Å². The normalized spacial score (nSPS) is 14.2. The summed E-state index contributed by atoms with van der Waals surface area (Å²) in [6, 6.07) is 20.4. The van der Waals surface area contributed by atoms with Crippen LogP contribution in [0.3, 0.4) is 0 Å². The van der Waals surface area contributed by atoms with Crippen LogP contribution in [0.25, 0.3) is 10.2 Å². The van der Waals surface area contributed by atoms with Gasteiger partial charge in [-0.2, -0.15) is 0 Å². The number of rotatable bonds is 7. The fourth-order valence-corrected chi connectivity index (χ4v) is 5.69. The summed E-state index contributed by atoms with van der Waals surface area (Å²) in [6.07, 6.45) is 0. The number of ketones is 1. The average molecular weight is 499 g/mol. The molecule has 2 heterocycles. The maximum absolute atomic E-state index is 12.6. The fourth-order valence-electron chi connectivity index (χ4n) is 4.62. The minimum absolute atomic E-state index is 0.0437. The molecule has 1 saturated heterocycles. The van der Waals surface area contributed by atoms with Gasteiger partial charge in [-0.15, -0.1) is 0 Å². The van der Waals surface area contributed by atoms with Crippen molar-refractivity contribution in [1.29, 1.82) is 0 Å². The van der Waals surface area contributed by atoms with Crippen LogP contribution in [0.4, 0.5) is 5.13 Å². The summed E-state index contributed by atoms with van der Waals surface area (Å²) in [7, 11) is 0. The first-order chi connectivity index (χ1) is 17.5. The topological polar surface area (TPSA) is 65.5 Å². The standard InChI is InChI=1S/C29H30N4O2S/c1-20-18-21(2)27-25(19-20)31-29(36-27)33-16-14-32(15-17-33)13-12-30-28(35)24-10-8-23(9-11-24)26(34)22-6-4-3-5-7-22/h3-11,18-19H,12-17H2,1-2H3,(H,30,35). The predicted molar refractivity (Wildman–Crippen MR) is 146 cm³/mol. The van der Waals surface area contributed by atoms with Crippen molar-refractivity contribution < 1.29 is 9.59 Å². The molecular formula is C29H30N4O2S. The van der Waals surface area contributed by atoms with Gasteiger partial charge in [-0.3, -0.25) is 14.5 Å². The molecule has 5 rings (SSSR count). The molecule has 0 bridgehead atoms. The van der Waals surface area contributed by atoms with E-state index in [1.54, 1.807) is 47.7 Å². The fraction of sp³-hybridized carbons (Fsp3) is 0.276. The first-order valence-corrected chi connectivity index (χ1v) is 13.1. The Morgan fingerprint density at radius 1 is 0.889 bits per heavy atom. The largest absolute Gasteiger partial charge is 0.351 e. The third kappa shape index (κ3) is 5.32. The number of hydrogen-bond acceptors (Lipinski definition) is 6. The van der Waals surface area contributed by atoms with Gasteiger partial charge in [0.15, 0.2) is 10.9 Å². The zero-order valence-corrected chi connectivity index (χ0v) is 21.5. The van der Waals surface area contributed by atoms with Gasteiger partial charge >= 0.3 is 0 Å². The zero-order valence-electron chi connectivity index (χ0n) is 20.7. The molecule has 0 saturated carbocycles. The monoisotopic (exact) mass is 498 g/mol. The Morgan fingerprint density at radius 2 is 1.56 bits per heavy atom. The lowest BCUT2D eigenvalue weighted by molar-refractivity contribution is 0.0946. The van der Waals surface area contributed by atoms with Gasteiger partial charge in [-0.05, 0) is 43.2 Å². The van der Waals surface area contributed by atoms with Gasteiger partial charge in [-0.25, -0.2) is 4.98 Å². The number of nitrogens with one attached hydrogen (secondary N) is 1. The highest BCUT2D eigenvalue weighted by Gasteiger charge is 2.20. The number of amides is 1. The molecule has 1 N–H and O–H groups in total. The van der Waals surface area contributed by atoms with Crippen molar-refractivity contribution in [1.82, 2.24) is 15.2 Å². The SMILES string of the molecule is Cc1cc(C)c2sc(N3CCN(CCNC(=O)c4ccc(C(=O)c5ccccc5)cc4)CC3)nc2c1. The minimum atomic E-state index is -0.118. The Balaban J connectivity index is 1.09. The number of fused-ring (bicyclic) bond motifs is 1. The number of aromatic nitrogens is 1. The third-order valence-corrected chi connectivity index (χ3v) is 7.88. The molecule has 36 heavy (non-hydrogen) atoms. The number of aryl methyl sites for hydroxylation is 2. The second kappa shape index (κ2) is 10.6. The van der Waals surface area contributed by atoms with Crippen LogP contribution < -0.4 is 10.2 Å². The number of carbonyl (C=O) groups excluding carboxylic acids is 2. The van der Waals surface area contributed by atoms with Crippen LogP contribution in [0.5, 0.6) is 0 Å². The molecule has 0 spiro atoms. The van der Waals surface area contributed by atoms with Crippen LogP contribution in [0, 0.1) is 13.8 Å². The highest BCUT2D eigenvalue weighted by Crippen LogP contribution is 2.32. The first kappa shape index (κ1) is 24.2. The molecule has 4 aromatic rings. The van der Waals surface area contributed by atoms with Crippen molar-refractivity contribution in [2.75, 3.05) is 44.2 Å². The van der Waals surface area contributed by atoms with Gasteiger partial charge in [0.25, 0.3) is 5.91 Å². The highest BCUT2D eigenvalue weighted by molar-refractivity contribution is 7.22. The number of thiazole rings is 1. The minimum Gasteiger partial charge on any atom is -0.351 e. The Bertz CT molecular complexity index is 1370. The predicted octanol–water partition coefficient (Wildman–Crippen LogP) is 4.70. The Morgan fingerprint density at radius 3 is 2.28 bits per heavy atom. The van der Waals surface area contributed by atoms with Crippen molar-refractivity contribution >= 4 is 38.4 Å². The smallest absolute Gasteiger partial charge is 0.251 e. The second-order valence-electron chi connectivity index (χ2n) is 9.28. The number of anilines is 1. The summed E-state index contributed by atoms with van der Waals surface area (Å²) in [5.41, 5.74) is 5.42. The van der Waals surface area contributed by atoms with E-state index < -0.39 is 0 Å². The van der Waals surface area contributed by atoms with Crippen LogP contribution in [-0.2, 0) is 0 Å². The summed E-state index contributed by atoms with van der Waals surface area (Å²) in [6.45, 7) is 9.42. The lowest BCUT2D eigenvalue weighted by atomic mass is 10.0. The lowest BCUT2D eigenvalue weighted by Gasteiger charge is -2.34. The molecule has 0 aliphatic carbocycles. The average Bonchev–Trinajstić information content (AvgIpc) is 3.34. The van der Waals surface area contributed by atoms with Gasteiger partial charge in [0.2, 0.25) is 0 Å². The molecular weight excluding hydrogens is 468 g/mol. The van der Waals surface area contributed by atoms with Crippen LogP contribution in [0.2, 0.25) is 0 Å². The molecule has 0 unspecified atom stereocenters. The van der Waals surface area contributed by atoms with E-state index in [1.165, 1.54) is 15.8 Å². The van der Waals surface area contributed by atoms with Crippen LogP contribution in [-0.4, -0.2) is 60.8 Å². The van der Waals surface area contributed by atoms with E-state index in [9.17, 15) is 9.59 Å². The lowest BCUT2D eigenvalue weighted by Crippen LogP contribution is -2.48. The summed E-state index contributed by atoms with van der Waals surface area (Å²) in [5, 5.41) is 4.11. The van der Waals surface area contributed by atoms with E-state index in [0.29, 0.717) is 23.2 Å². The van der Waals surface area contributed by atoms with Gasteiger partial charge in [0, 0.05) is 56.0 Å². The number of piperazine rings is 1. The second-order valence-corrected chi connectivity index (χ2v) is 10.3. The Hall–Kier alpha value is -3.55. The van der Waals surface area contributed by atoms with Crippen molar-refractivity contribution in [3.63, 3.8) is 0 Å². The quantitative estimate of drug-likeness (QED) is 0.374. The zero-order chi connectivity index (χ0) is 25.1. The van der Waals surface area contributed by atoms with Crippen LogP contribution in [0.1, 0.15) is 37.4 Å². The molecule has 1 amide bonds. The van der Waals surface area contributed by atoms with Crippen molar-refractivity contribution in [3.8, 4) is 0 Å². The van der Waals surface area contributed by atoms with E-state index >= 15 is 0 Å². The Labute approximate surface area is 215 Å². The van der Waals surface area contributed by atoms with Gasteiger partial charge < -0.3 is 10.2 Å². The molecule has 0 radical (unpaired) electrons. The van der Waals surface area contributed by atoms with E-state index in [2.05, 4.69) is 41.1 Å². The molecule has 1 aromatic heterocycles. The van der Waals surface area contributed by atoms with Crippen LogP contribution in [0.15, 0.2) is 66.7 Å². The van der Waals surface area contributed by atoms with Gasteiger partial charge in [0.05, 0.1) is 10.2 Å². The molecule has 6 nitrogen and oxygen atoms in total. The van der Waals surface area contributed by atoms with E-state index in [1.807, 2.05) is 18.2 Å². The van der Waals surface area contributed by atoms with Crippen molar-refractivity contribution in [2.45, 2.75) is 13.8 Å². The van der Waals surface area contributed by atoms with E-state index in [0.717, 1.165) is 43.4 Å².